The molecule has 0 spiro atoms. The van der Waals surface area contributed by atoms with Gasteiger partial charge in [-0.2, -0.15) is 0 Å². The van der Waals surface area contributed by atoms with Gasteiger partial charge in [0.15, 0.2) is 0 Å². The molecule has 0 saturated carbocycles. The minimum atomic E-state index is -0.0320. The molecule has 1 aromatic heterocycles. The summed E-state index contributed by atoms with van der Waals surface area (Å²) >= 11 is 0. The highest BCUT2D eigenvalue weighted by Gasteiger charge is 2.15. The fourth-order valence-electron chi connectivity index (χ4n) is 1.90. The molecule has 2 heterocycles. The van der Waals surface area contributed by atoms with E-state index >= 15 is 0 Å². The maximum absolute atomic E-state index is 8.82. The van der Waals surface area contributed by atoms with Gasteiger partial charge in [0.1, 0.15) is 11.5 Å². The first-order valence-corrected chi connectivity index (χ1v) is 5.14. The van der Waals surface area contributed by atoms with Crippen molar-refractivity contribution in [1.82, 2.24) is 10.5 Å². The molecule has 0 radical (unpaired) electrons. The number of aliphatic hydroxyl groups excluding tert-OH is 1. The highest BCUT2D eigenvalue weighted by Crippen LogP contribution is 2.18. The average Bonchev–Trinajstić information content (AvgIpc) is 2.67. The van der Waals surface area contributed by atoms with Crippen LogP contribution in [-0.2, 0) is 13.0 Å². The normalized spacial score (nSPS) is 18.6. The molecule has 0 atom stereocenters. The summed E-state index contributed by atoms with van der Waals surface area (Å²) in [6.07, 6.45) is 3.36. The molecule has 1 aliphatic heterocycles. The fourth-order valence-corrected chi connectivity index (χ4v) is 1.90. The van der Waals surface area contributed by atoms with E-state index < -0.39 is 0 Å². The number of aromatic nitrogens is 1. The predicted molar refractivity (Wildman–Crippen MR) is 51.7 cm³/mol. The second kappa shape index (κ2) is 4.57. The molecule has 14 heavy (non-hydrogen) atoms. The Morgan fingerprint density at radius 1 is 1.50 bits per heavy atom. The summed E-state index contributed by atoms with van der Waals surface area (Å²) in [5, 5.41) is 15.9. The van der Waals surface area contributed by atoms with Crippen LogP contribution >= 0.6 is 0 Å². The average molecular weight is 196 g/mol. The van der Waals surface area contributed by atoms with Crippen LogP contribution in [0.15, 0.2) is 10.6 Å². The molecule has 0 amide bonds. The molecule has 0 aliphatic carbocycles. The Labute approximate surface area is 83.3 Å². The van der Waals surface area contributed by atoms with Crippen LogP contribution in [0.2, 0.25) is 0 Å². The van der Waals surface area contributed by atoms with E-state index in [0.29, 0.717) is 11.6 Å². The van der Waals surface area contributed by atoms with E-state index in [1.165, 1.54) is 12.8 Å². The van der Waals surface area contributed by atoms with E-state index in [0.717, 1.165) is 25.3 Å². The van der Waals surface area contributed by atoms with E-state index in [9.17, 15) is 0 Å². The van der Waals surface area contributed by atoms with Crippen molar-refractivity contribution in [3.05, 3.63) is 17.5 Å². The third kappa shape index (κ3) is 2.33. The van der Waals surface area contributed by atoms with Gasteiger partial charge in [0.05, 0.1) is 6.61 Å². The molecule has 1 aliphatic rings. The Hall–Kier alpha value is -0.870. The van der Waals surface area contributed by atoms with Crippen molar-refractivity contribution in [2.24, 2.45) is 5.92 Å². The van der Waals surface area contributed by atoms with Crippen LogP contribution in [0.5, 0.6) is 0 Å². The summed E-state index contributed by atoms with van der Waals surface area (Å²) in [6.45, 7) is 2.17. The molecule has 2 N–H and O–H groups in total. The Bertz CT molecular complexity index is 279. The summed E-state index contributed by atoms with van der Waals surface area (Å²) in [6, 6.07) is 1.85. The summed E-state index contributed by atoms with van der Waals surface area (Å²) in [7, 11) is 0. The van der Waals surface area contributed by atoms with Crippen molar-refractivity contribution >= 4 is 0 Å². The van der Waals surface area contributed by atoms with Crippen LogP contribution in [0.3, 0.4) is 0 Å². The van der Waals surface area contributed by atoms with Gasteiger partial charge in [0.25, 0.3) is 0 Å². The highest BCUT2D eigenvalue weighted by molar-refractivity contribution is 5.05. The van der Waals surface area contributed by atoms with Gasteiger partial charge in [0.2, 0.25) is 0 Å². The zero-order valence-electron chi connectivity index (χ0n) is 8.20. The van der Waals surface area contributed by atoms with Crippen LogP contribution in [0.4, 0.5) is 0 Å². The predicted octanol–water partition coefficient (Wildman–Crippen LogP) is 0.709. The molecule has 4 heteroatoms. The number of aliphatic hydroxyl groups is 1. The molecular formula is C10H16N2O2. The van der Waals surface area contributed by atoms with Gasteiger partial charge < -0.3 is 14.9 Å². The Morgan fingerprint density at radius 2 is 2.29 bits per heavy atom. The molecule has 1 saturated heterocycles. The van der Waals surface area contributed by atoms with E-state index in [4.69, 9.17) is 9.63 Å². The van der Waals surface area contributed by atoms with Gasteiger partial charge in [-0.15, -0.1) is 0 Å². The summed E-state index contributed by atoms with van der Waals surface area (Å²) < 4.78 is 5.13. The Kier molecular flexibility index (Phi) is 3.16. The summed E-state index contributed by atoms with van der Waals surface area (Å²) in [4.78, 5) is 0. The van der Waals surface area contributed by atoms with Crippen molar-refractivity contribution in [1.29, 1.82) is 0 Å². The van der Waals surface area contributed by atoms with Gasteiger partial charge in [-0.3, -0.25) is 0 Å². The Morgan fingerprint density at radius 3 is 2.93 bits per heavy atom. The maximum atomic E-state index is 8.82. The molecule has 2 rings (SSSR count). The molecule has 0 unspecified atom stereocenters. The van der Waals surface area contributed by atoms with Crippen molar-refractivity contribution in [3.63, 3.8) is 0 Å². The monoisotopic (exact) mass is 196 g/mol. The molecule has 0 aromatic carbocycles. The smallest absolute Gasteiger partial charge is 0.137 e. The van der Waals surface area contributed by atoms with Crippen LogP contribution in [0, 0.1) is 5.92 Å². The number of rotatable bonds is 3. The lowest BCUT2D eigenvalue weighted by molar-refractivity contribution is 0.262. The van der Waals surface area contributed by atoms with Gasteiger partial charge in [-0.05, 0) is 31.8 Å². The first-order valence-electron chi connectivity index (χ1n) is 5.14. The third-order valence-corrected chi connectivity index (χ3v) is 2.72. The van der Waals surface area contributed by atoms with Crippen LogP contribution < -0.4 is 5.32 Å². The van der Waals surface area contributed by atoms with E-state index in [2.05, 4.69) is 10.5 Å². The van der Waals surface area contributed by atoms with E-state index in [1.807, 2.05) is 6.07 Å². The first kappa shape index (κ1) is 9.68. The number of hydrogen-bond acceptors (Lipinski definition) is 4. The third-order valence-electron chi connectivity index (χ3n) is 2.72. The number of piperidine rings is 1. The lowest BCUT2D eigenvalue weighted by Crippen LogP contribution is -2.28. The zero-order chi connectivity index (χ0) is 9.80. The minimum absolute atomic E-state index is 0.0320. The molecule has 1 fully saturated rings. The second-order valence-corrected chi connectivity index (χ2v) is 3.84. The number of nitrogens with zero attached hydrogens (tertiary/aromatic N) is 1. The first-order chi connectivity index (χ1) is 6.88. The van der Waals surface area contributed by atoms with Crippen LogP contribution in [-0.4, -0.2) is 23.4 Å². The van der Waals surface area contributed by atoms with Crippen molar-refractivity contribution in [2.75, 3.05) is 13.1 Å². The molecule has 78 valence electrons. The van der Waals surface area contributed by atoms with E-state index in [-0.39, 0.29) is 6.61 Å². The van der Waals surface area contributed by atoms with Crippen molar-refractivity contribution < 1.29 is 9.63 Å². The van der Waals surface area contributed by atoms with Crippen LogP contribution in [0.1, 0.15) is 24.3 Å². The quantitative estimate of drug-likeness (QED) is 0.747. The van der Waals surface area contributed by atoms with Gasteiger partial charge in [-0.25, -0.2) is 0 Å². The zero-order valence-corrected chi connectivity index (χ0v) is 8.20. The lowest BCUT2D eigenvalue weighted by Gasteiger charge is -2.21. The second-order valence-electron chi connectivity index (χ2n) is 3.84. The fraction of sp³-hybridized carbons (Fsp3) is 0.700. The molecule has 1 aromatic rings. The summed E-state index contributed by atoms with van der Waals surface area (Å²) in [5.74, 6) is 1.61. The SMILES string of the molecule is OCc1cc(CC2CCNCC2)on1. The maximum Gasteiger partial charge on any atom is 0.137 e. The minimum Gasteiger partial charge on any atom is -0.390 e. The van der Waals surface area contributed by atoms with Crippen molar-refractivity contribution in [2.45, 2.75) is 25.9 Å². The van der Waals surface area contributed by atoms with Gasteiger partial charge in [0, 0.05) is 12.5 Å². The van der Waals surface area contributed by atoms with E-state index in [1.54, 1.807) is 0 Å². The molecule has 0 bridgehead atoms. The molecular weight excluding hydrogens is 180 g/mol. The highest BCUT2D eigenvalue weighted by atomic mass is 16.5. The van der Waals surface area contributed by atoms with Crippen molar-refractivity contribution in [3.8, 4) is 0 Å². The summed E-state index contributed by atoms with van der Waals surface area (Å²) in [5.41, 5.74) is 0.633. The standard InChI is InChI=1S/C10H16N2O2/c13-7-9-6-10(14-12-9)5-8-1-3-11-4-2-8/h6,8,11,13H,1-5,7H2. The largest absolute Gasteiger partial charge is 0.390 e. The van der Waals surface area contributed by atoms with Gasteiger partial charge in [-0.1, -0.05) is 5.16 Å². The Balaban J connectivity index is 1.89. The van der Waals surface area contributed by atoms with Gasteiger partial charge >= 0.3 is 0 Å². The number of hydrogen-bond donors (Lipinski definition) is 2. The lowest BCUT2D eigenvalue weighted by atomic mass is 9.93. The number of nitrogens with one attached hydrogen (secondary N) is 1. The topological polar surface area (TPSA) is 58.3 Å². The van der Waals surface area contributed by atoms with Crippen LogP contribution in [0.25, 0.3) is 0 Å². The molecule has 4 nitrogen and oxygen atoms in total.